The number of hydrogen-bond donors (Lipinski definition) is 0. The summed E-state index contributed by atoms with van der Waals surface area (Å²) >= 11 is 0. The fourth-order valence-electron chi connectivity index (χ4n) is 0.930. The molecule has 0 aromatic carbocycles. The minimum Gasteiger partial charge on any atom is -0.459 e. The van der Waals surface area contributed by atoms with E-state index in [4.69, 9.17) is 4.74 Å². The van der Waals surface area contributed by atoms with Crippen LogP contribution < -0.4 is 0 Å². The van der Waals surface area contributed by atoms with Crippen LogP contribution in [0, 0.1) is 5.92 Å². The van der Waals surface area contributed by atoms with Crippen LogP contribution in [0.5, 0.6) is 0 Å². The number of carbonyl (C=O) groups is 2. The topological polar surface area (TPSA) is 43.4 Å². The summed E-state index contributed by atoms with van der Waals surface area (Å²) in [5.41, 5.74) is -0.508. The summed E-state index contributed by atoms with van der Waals surface area (Å²) in [4.78, 5) is 21.8. The van der Waals surface area contributed by atoms with E-state index in [1.54, 1.807) is 20.8 Å². The summed E-state index contributed by atoms with van der Waals surface area (Å²) < 4.78 is 5.07. The van der Waals surface area contributed by atoms with E-state index >= 15 is 0 Å². The van der Waals surface area contributed by atoms with E-state index in [-0.39, 0.29) is 0 Å². The number of hydrogen-bond acceptors (Lipinski definition) is 3. The van der Waals surface area contributed by atoms with Gasteiger partial charge in [0, 0.05) is 0 Å². The molecule has 0 saturated heterocycles. The molecule has 0 aromatic heterocycles. The number of rotatable bonds is 4. The highest BCUT2D eigenvalue weighted by Gasteiger charge is 2.23. The lowest BCUT2D eigenvalue weighted by Gasteiger charge is -2.21. The van der Waals surface area contributed by atoms with Crippen LogP contribution >= 0.6 is 0 Å². The Morgan fingerprint density at radius 1 is 1.46 bits per heavy atom. The molecule has 0 aliphatic heterocycles. The third-order valence-corrected chi connectivity index (χ3v) is 1.47. The van der Waals surface area contributed by atoms with Crippen LogP contribution in [-0.4, -0.2) is 17.9 Å². The van der Waals surface area contributed by atoms with Crippen molar-refractivity contribution in [2.75, 3.05) is 0 Å². The summed E-state index contributed by atoms with van der Waals surface area (Å²) in [6, 6.07) is 0. The molecule has 3 heteroatoms. The molecule has 13 heavy (non-hydrogen) atoms. The first kappa shape index (κ1) is 12.1. The Labute approximate surface area is 79.5 Å². The quantitative estimate of drug-likeness (QED) is 0.383. The molecule has 0 aliphatic rings. The van der Waals surface area contributed by atoms with Gasteiger partial charge in [0.15, 0.2) is 0 Å². The molecule has 1 unspecified atom stereocenters. The standard InChI is InChI=1S/C10H18O3/c1-5-6-8(7-11)9(12)13-10(2,3)4/h7-8H,5-6H2,1-4H3. The number of ether oxygens (including phenoxy) is 1. The third-order valence-electron chi connectivity index (χ3n) is 1.47. The van der Waals surface area contributed by atoms with Crippen molar-refractivity contribution in [3.8, 4) is 0 Å². The maximum absolute atomic E-state index is 11.3. The molecule has 0 radical (unpaired) electrons. The molecule has 0 heterocycles. The van der Waals surface area contributed by atoms with E-state index in [0.29, 0.717) is 12.7 Å². The maximum atomic E-state index is 11.3. The molecule has 3 nitrogen and oxygen atoms in total. The normalized spacial score (nSPS) is 13.5. The van der Waals surface area contributed by atoms with Gasteiger partial charge in [-0.05, 0) is 27.2 Å². The Hall–Kier alpha value is -0.860. The lowest BCUT2D eigenvalue weighted by Crippen LogP contribution is -2.29. The van der Waals surface area contributed by atoms with Crippen molar-refractivity contribution in [3.05, 3.63) is 0 Å². The zero-order valence-corrected chi connectivity index (χ0v) is 8.79. The largest absolute Gasteiger partial charge is 0.459 e. The van der Waals surface area contributed by atoms with E-state index in [9.17, 15) is 9.59 Å². The van der Waals surface area contributed by atoms with Crippen molar-refractivity contribution in [2.24, 2.45) is 5.92 Å². The number of aldehydes is 1. The second-order valence-corrected chi connectivity index (χ2v) is 4.06. The Balaban J connectivity index is 4.14. The minimum atomic E-state index is -0.593. The van der Waals surface area contributed by atoms with Crippen LogP contribution in [0.4, 0.5) is 0 Å². The van der Waals surface area contributed by atoms with Crippen molar-refractivity contribution in [3.63, 3.8) is 0 Å². The zero-order valence-electron chi connectivity index (χ0n) is 8.79. The van der Waals surface area contributed by atoms with E-state index in [0.717, 1.165) is 6.42 Å². The molecular weight excluding hydrogens is 168 g/mol. The first-order valence-corrected chi connectivity index (χ1v) is 4.59. The molecule has 0 saturated carbocycles. The molecule has 0 aliphatic carbocycles. The fourth-order valence-corrected chi connectivity index (χ4v) is 0.930. The molecule has 0 fully saturated rings. The van der Waals surface area contributed by atoms with Crippen LogP contribution in [0.2, 0.25) is 0 Å². The molecule has 0 amide bonds. The minimum absolute atomic E-state index is 0.413. The molecule has 0 N–H and O–H groups in total. The van der Waals surface area contributed by atoms with Gasteiger partial charge in [0.2, 0.25) is 0 Å². The Morgan fingerprint density at radius 3 is 2.31 bits per heavy atom. The van der Waals surface area contributed by atoms with Crippen LogP contribution in [0.15, 0.2) is 0 Å². The predicted molar refractivity (Wildman–Crippen MR) is 50.3 cm³/mol. The van der Waals surface area contributed by atoms with Gasteiger partial charge in [-0.3, -0.25) is 4.79 Å². The van der Waals surface area contributed by atoms with Gasteiger partial charge in [-0.15, -0.1) is 0 Å². The highest BCUT2D eigenvalue weighted by Crippen LogP contribution is 2.13. The first-order valence-electron chi connectivity index (χ1n) is 4.59. The highest BCUT2D eigenvalue weighted by atomic mass is 16.6. The Morgan fingerprint density at radius 2 is 2.00 bits per heavy atom. The average Bonchev–Trinajstić information content (AvgIpc) is 1.96. The van der Waals surface area contributed by atoms with Crippen LogP contribution in [0.1, 0.15) is 40.5 Å². The van der Waals surface area contributed by atoms with E-state index in [1.165, 1.54) is 0 Å². The van der Waals surface area contributed by atoms with E-state index < -0.39 is 17.5 Å². The van der Waals surface area contributed by atoms with E-state index in [1.807, 2.05) is 6.92 Å². The van der Waals surface area contributed by atoms with Gasteiger partial charge in [-0.1, -0.05) is 13.3 Å². The molecule has 0 spiro atoms. The number of carbonyl (C=O) groups excluding carboxylic acids is 2. The summed E-state index contributed by atoms with van der Waals surface area (Å²) in [6.45, 7) is 7.30. The summed E-state index contributed by atoms with van der Waals surface area (Å²) in [6.07, 6.45) is 2.04. The molecule has 0 rings (SSSR count). The maximum Gasteiger partial charge on any atom is 0.316 e. The summed E-state index contributed by atoms with van der Waals surface area (Å²) in [5, 5.41) is 0. The van der Waals surface area contributed by atoms with Gasteiger partial charge in [0.1, 0.15) is 17.8 Å². The summed E-state index contributed by atoms with van der Waals surface area (Å²) in [7, 11) is 0. The molecule has 1 atom stereocenters. The Bertz CT molecular complexity index is 179. The lowest BCUT2D eigenvalue weighted by atomic mass is 10.1. The monoisotopic (exact) mass is 186 g/mol. The van der Waals surface area contributed by atoms with Gasteiger partial charge in [0.25, 0.3) is 0 Å². The van der Waals surface area contributed by atoms with Gasteiger partial charge < -0.3 is 9.53 Å². The van der Waals surface area contributed by atoms with Gasteiger partial charge in [-0.25, -0.2) is 0 Å². The molecule has 0 aromatic rings. The lowest BCUT2D eigenvalue weighted by molar-refractivity contribution is -0.160. The van der Waals surface area contributed by atoms with E-state index in [2.05, 4.69) is 0 Å². The number of esters is 1. The SMILES string of the molecule is CCCC(C=O)C(=O)OC(C)(C)C. The van der Waals surface area contributed by atoms with Crippen molar-refractivity contribution < 1.29 is 14.3 Å². The Kier molecular flexibility index (Phi) is 4.67. The molecule has 0 bridgehead atoms. The van der Waals surface area contributed by atoms with Crippen molar-refractivity contribution in [1.29, 1.82) is 0 Å². The van der Waals surface area contributed by atoms with Gasteiger partial charge in [0.05, 0.1) is 0 Å². The van der Waals surface area contributed by atoms with Crippen LogP contribution in [0.3, 0.4) is 0 Å². The molecule has 76 valence electrons. The van der Waals surface area contributed by atoms with Crippen molar-refractivity contribution in [1.82, 2.24) is 0 Å². The first-order chi connectivity index (χ1) is 5.90. The third kappa shape index (κ3) is 5.39. The van der Waals surface area contributed by atoms with Crippen LogP contribution in [0.25, 0.3) is 0 Å². The smallest absolute Gasteiger partial charge is 0.316 e. The fraction of sp³-hybridized carbons (Fsp3) is 0.800. The predicted octanol–water partition coefficient (Wildman–Crippen LogP) is 1.94. The van der Waals surface area contributed by atoms with Crippen molar-refractivity contribution >= 4 is 12.3 Å². The van der Waals surface area contributed by atoms with Gasteiger partial charge >= 0.3 is 5.97 Å². The average molecular weight is 186 g/mol. The second kappa shape index (κ2) is 5.00. The zero-order chi connectivity index (χ0) is 10.5. The van der Waals surface area contributed by atoms with Crippen molar-refractivity contribution in [2.45, 2.75) is 46.1 Å². The van der Waals surface area contributed by atoms with Gasteiger partial charge in [-0.2, -0.15) is 0 Å². The highest BCUT2D eigenvalue weighted by molar-refractivity contribution is 5.87. The second-order valence-electron chi connectivity index (χ2n) is 4.06. The summed E-state index contributed by atoms with van der Waals surface area (Å²) in [5.74, 6) is -1.01. The molecular formula is C10H18O3. The van der Waals surface area contributed by atoms with Crippen LogP contribution in [-0.2, 0) is 14.3 Å².